The third kappa shape index (κ3) is 1.81. The lowest BCUT2D eigenvalue weighted by atomic mass is 10.1. The highest BCUT2D eigenvalue weighted by atomic mass is 16.3. The molecule has 1 heterocycles. The van der Waals surface area contributed by atoms with Crippen LogP contribution in [0.5, 0.6) is 0 Å². The van der Waals surface area contributed by atoms with Crippen molar-refractivity contribution in [2.75, 3.05) is 6.54 Å². The monoisotopic (exact) mass is 166 g/mol. The molecule has 1 unspecified atom stereocenters. The Balaban J connectivity index is 2.96. The summed E-state index contributed by atoms with van der Waals surface area (Å²) in [7, 11) is 0. The molecule has 0 spiro atoms. The summed E-state index contributed by atoms with van der Waals surface area (Å²) in [4.78, 5) is 4.21. The maximum atomic E-state index is 9.36. The van der Waals surface area contributed by atoms with Gasteiger partial charge >= 0.3 is 0 Å². The highest BCUT2D eigenvalue weighted by Crippen LogP contribution is 2.11. The molecule has 3 nitrogen and oxygen atoms in total. The second-order valence-corrected chi connectivity index (χ2v) is 2.89. The fourth-order valence-electron chi connectivity index (χ4n) is 0.956. The largest absolute Gasteiger partial charge is 0.385 e. The van der Waals surface area contributed by atoms with Crippen molar-refractivity contribution < 1.29 is 5.11 Å². The van der Waals surface area contributed by atoms with Crippen molar-refractivity contribution in [2.45, 2.75) is 20.0 Å². The minimum Gasteiger partial charge on any atom is -0.385 e. The number of hydrogen-bond acceptors (Lipinski definition) is 3. The molecule has 0 aliphatic rings. The van der Waals surface area contributed by atoms with Crippen molar-refractivity contribution in [3.8, 4) is 0 Å². The molecule has 0 amide bonds. The van der Waals surface area contributed by atoms with E-state index in [4.69, 9.17) is 5.73 Å². The Labute approximate surface area is 72.2 Å². The van der Waals surface area contributed by atoms with E-state index in [1.807, 2.05) is 19.9 Å². The topological polar surface area (TPSA) is 59.1 Å². The Hall–Kier alpha value is -0.930. The summed E-state index contributed by atoms with van der Waals surface area (Å²) in [6, 6.07) is 3.75. The number of aryl methyl sites for hydroxylation is 2. The first-order chi connectivity index (χ1) is 5.65. The van der Waals surface area contributed by atoms with Crippen LogP contribution in [0.1, 0.15) is 23.1 Å². The van der Waals surface area contributed by atoms with E-state index in [-0.39, 0.29) is 6.54 Å². The zero-order valence-corrected chi connectivity index (χ0v) is 7.41. The summed E-state index contributed by atoms with van der Waals surface area (Å²) in [5.41, 5.74) is 8.03. The number of aliphatic hydroxyl groups is 1. The molecule has 0 fully saturated rings. The van der Waals surface area contributed by atoms with Crippen molar-refractivity contribution in [3.05, 3.63) is 29.1 Å². The summed E-state index contributed by atoms with van der Waals surface area (Å²) in [6.07, 6.45) is -0.635. The molecule has 12 heavy (non-hydrogen) atoms. The Morgan fingerprint density at radius 3 is 2.67 bits per heavy atom. The summed E-state index contributed by atoms with van der Waals surface area (Å²) in [5, 5.41) is 9.36. The summed E-state index contributed by atoms with van der Waals surface area (Å²) in [6.45, 7) is 4.12. The maximum Gasteiger partial charge on any atom is 0.108 e. The van der Waals surface area contributed by atoms with Crippen molar-refractivity contribution >= 4 is 0 Å². The van der Waals surface area contributed by atoms with Gasteiger partial charge in [-0.05, 0) is 25.5 Å². The van der Waals surface area contributed by atoms with E-state index in [0.29, 0.717) is 5.69 Å². The summed E-state index contributed by atoms with van der Waals surface area (Å²) in [5.74, 6) is 0. The molecule has 1 atom stereocenters. The van der Waals surface area contributed by atoms with E-state index in [2.05, 4.69) is 4.98 Å². The second kappa shape index (κ2) is 3.65. The van der Waals surface area contributed by atoms with Crippen molar-refractivity contribution in [1.29, 1.82) is 0 Å². The van der Waals surface area contributed by atoms with E-state index in [1.165, 1.54) is 0 Å². The molecule has 1 rings (SSSR count). The van der Waals surface area contributed by atoms with Crippen LogP contribution in [0.25, 0.3) is 0 Å². The number of aliphatic hydroxyl groups excluding tert-OH is 1. The highest BCUT2D eigenvalue weighted by molar-refractivity contribution is 5.21. The van der Waals surface area contributed by atoms with Crippen molar-refractivity contribution in [2.24, 2.45) is 5.73 Å². The molecule has 3 heteroatoms. The fraction of sp³-hybridized carbons (Fsp3) is 0.444. The van der Waals surface area contributed by atoms with Crippen LogP contribution in [-0.2, 0) is 0 Å². The zero-order chi connectivity index (χ0) is 9.14. The maximum absolute atomic E-state index is 9.36. The Bertz CT molecular complexity index is 273. The van der Waals surface area contributed by atoms with Crippen LogP contribution in [-0.4, -0.2) is 16.6 Å². The van der Waals surface area contributed by atoms with Gasteiger partial charge in [0.15, 0.2) is 0 Å². The molecule has 66 valence electrons. The number of nitrogens with zero attached hydrogens (tertiary/aromatic N) is 1. The van der Waals surface area contributed by atoms with Gasteiger partial charge in [0, 0.05) is 12.2 Å². The average Bonchev–Trinajstić information content (AvgIpc) is 2.08. The van der Waals surface area contributed by atoms with Gasteiger partial charge in [-0.1, -0.05) is 6.07 Å². The van der Waals surface area contributed by atoms with Gasteiger partial charge in [0.2, 0.25) is 0 Å². The first-order valence-electron chi connectivity index (χ1n) is 3.97. The fourth-order valence-corrected chi connectivity index (χ4v) is 0.956. The van der Waals surface area contributed by atoms with Crippen molar-refractivity contribution in [3.63, 3.8) is 0 Å². The molecule has 1 aromatic rings. The number of aromatic nitrogens is 1. The van der Waals surface area contributed by atoms with E-state index >= 15 is 0 Å². The summed E-state index contributed by atoms with van der Waals surface area (Å²) < 4.78 is 0. The molecule has 1 aromatic heterocycles. The first kappa shape index (κ1) is 9.16. The standard InChI is InChI=1S/C9H14N2O/c1-6-3-4-8(9(12)5-10)11-7(6)2/h3-4,9,12H,5,10H2,1-2H3. The van der Waals surface area contributed by atoms with Gasteiger partial charge < -0.3 is 10.8 Å². The van der Waals surface area contributed by atoms with Crippen LogP contribution in [0.2, 0.25) is 0 Å². The first-order valence-corrected chi connectivity index (χ1v) is 3.97. The number of pyridine rings is 1. The van der Waals surface area contributed by atoms with Gasteiger partial charge in [-0.25, -0.2) is 0 Å². The van der Waals surface area contributed by atoms with Crippen LogP contribution in [0.3, 0.4) is 0 Å². The molecule has 3 N–H and O–H groups in total. The highest BCUT2D eigenvalue weighted by Gasteiger charge is 2.06. The predicted octanol–water partition coefficient (Wildman–Crippen LogP) is 0.691. The smallest absolute Gasteiger partial charge is 0.108 e. The molecular formula is C9H14N2O. The lowest BCUT2D eigenvalue weighted by Crippen LogP contribution is -2.13. The average molecular weight is 166 g/mol. The minimum atomic E-state index is -0.635. The lowest BCUT2D eigenvalue weighted by Gasteiger charge is -2.08. The van der Waals surface area contributed by atoms with Gasteiger partial charge in [-0.15, -0.1) is 0 Å². The van der Waals surface area contributed by atoms with E-state index in [0.717, 1.165) is 11.3 Å². The molecule has 0 saturated heterocycles. The van der Waals surface area contributed by atoms with Gasteiger partial charge in [-0.3, -0.25) is 4.98 Å². The normalized spacial score (nSPS) is 13.0. The lowest BCUT2D eigenvalue weighted by molar-refractivity contribution is 0.181. The Morgan fingerprint density at radius 2 is 2.17 bits per heavy atom. The SMILES string of the molecule is Cc1ccc(C(O)CN)nc1C. The quantitative estimate of drug-likeness (QED) is 0.679. The van der Waals surface area contributed by atoms with Gasteiger partial charge in [0.1, 0.15) is 6.10 Å². The van der Waals surface area contributed by atoms with E-state index in [1.54, 1.807) is 6.07 Å². The van der Waals surface area contributed by atoms with Crippen LogP contribution >= 0.6 is 0 Å². The molecule has 0 aliphatic carbocycles. The molecule has 0 aromatic carbocycles. The van der Waals surface area contributed by atoms with E-state index < -0.39 is 6.10 Å². The van der Waals surface area contributed by atoms with Crippen LogP contribution in [0, 0.1) is 13.8 Å². The molecule has 0 saturated carbocycles. The third-order valence-corrected chi connectivity index (χ3v) is 1.94. The molecule has 0 aliphatic heterocycles. The summed E-state index contributed by atoms with van der Waals surface area (Å²) >= 11 is 0. The van der Waals surface area contributed by atoms with E-state index in [9.17, 15) is 5.11 Å². The number of hydrogen-bond donors (Lipinski definition) is 2. The van der Waals surface area contributed by atoms with Gasteiger partial charge in [0.05, 0.1) is 5.69 Å². The van der Waals surface area contributed by atoms with Crippen LogP contribution < -0.4 is 5.73 Å². The van der Waals surface area contributed by atoms with Gasteiger partial charge in [0.25, 0.3) is 0 Å². The second-order valence-electron chi connectivity index (χ2n) is 2.89. The Morgan fingerprint density at radius 1 is 1.50 bits per heavy atom. The molecule has 0 bridgehead atoms. The zero-order valence-electron chi connectivity index (χ0n) is 7.41. The third-order valence-electron chi connectivity index (χ3n) is 1.94. The number of nitrogens with two attached hydrogens (primary N) is 1. The van der Waals surface area contributed by atoms with Gasteiger partial charge in [-0.2, -0.15) is 0 Å². The minimum absolute atomic E-state index is 0.218. The van der Waals surface area contributed by atoms with Crippen LogP contribution in [0.4, 0.5) is 0 Å². The van der Waals surface area contributed by atoms with Crippen LogP contribution in [0.15, 0.2) is 12.1 Å². The molecular weight excluding hydrogens is 152 g/mol. The Kier molecular flexibility index (Phi) is 2.78. The predicted molar refractivity (Wildman–Crippen MR) is 47.7 cm³/mol. The number of rotatable bonds is 2. The van der Waals surface area contributed by atoms with Crippen molar-refractivity contribution in [1.82, 2.24) is 4.98 Å². The molecule has 0 radical (unpaired) electrons.